The Labute approximate surface area is 100 Å². The molecule has 0 spiro atoms. The molecule has 0 amide bonds. The Kier molecular flexibility index (Phi) is 6.39. The Morgan fingerprint density at radius 3 is 1.88 bits per heavy atom. The molecule has 2 heteroatoms. The van der Waals surface area contributed by atoms with Crippen molar-refractivity contribution in [3.63, 3.8) is 0 Å². The summed E-state index contributed by atoms with van der Waals surface area (Å²) in [6.45, 7) is 16.8. The van der Waals surface area contributed by atoms with Gasteiger partial charge in [0.15, 0.2) is 0 Å². The lowest BCUT2D eigenvalue weighted by molar-refractivity contribution is -0.141. The highest BCUT2D eigenvalue weighted by atomic mass is 16.5. The average Bonchev–Trinajstić information content (AvgIpc) is 2.12. The molecule has 16 heavy (non-hydrogen) atoms. The standard InChI is InChI=1S/C14H26O2/c1-9(2)13(10(3)4)12(7)8-16-14(15)11(5)6/h9-10,12-13H,5,8H2,1-4,6-7H3. The molecule has 0 aliphatic heterocycles. The Bertz CT molecular complexity index is 233. The van der Waals surface area contributed by atoms with Crippen molar-refractivity contribution in [2.75, 3.05) is 6.61 Å². The summed E-state index contributed by atoms with van der Waals surface area (Å²) in [6, 6.07) is 0. The highest BCUT2D eigenvalue weighted by Gasteiger charge is 2.25. The van der Waals surface area contributed by atoms with Crippen LogP contribution in [0.25, 0.3) is 0 Å². The summed E-state index contributed by atoms with van der Waals surface area (Å²) < 4.78 is 5.21. The number of ether oxygens (including phenoxy) is 1. The molecule has 1 unspecified atom stereocenters. The first-order valence-electron chi connectivity index (χ1n) is 6.10. The van der Waals surface area contributed by atoms with Gasteiger partial charge in [0.2, 0.25) is 0 Å². The first kappa shape index (κ1) is 15.2. The maximum absolute atomic E-state index is 11.3. The highest BCUT2D eigenvalue weighted by Crippen LogP contribution is 2.28. The predicted molar refractivity (Wildman–Crippen MR) is 68.1 cm³/mol. The first-order chi connectivity index (χ1) is 7.27. The number of hydrogen-bond donors (Lipinski definition) is 0. The molecule has 2 nitrogen and oxygen atoms in total. The zero-order valence-corrected chi connectivity index (χ0v) is 11.5. The SMILES string of the molecule is C=C(C)C(=O)OCC(C)C(C(C)C)C(C)C. The van der Waals surface area contributed by atoms with E-state index in [-0.39, 0.29) is 5.97 Å². The summed E-state index contributed by atoms with van der Waals surface area (Å²) in [5, 5.41) is 0. The van der Waals surface area contributed by atoms with Crippen molar-refractivity contribution in [3.05, 3.63) is 12.2 Å². The first-order valence-corrected chi connectivity index (χ1v) is 6.10. The largest absolute Gasteiger partial charge is 0.462 e. The summed E-state index contributed by atoms with van der Waals surface area (Å²) in [5.41, 5.74) is 0.470. The zero-order valence-electron chi connectivity index (χ0n) is 11.5. The summed E-state index contributed by atoms with van der Waals surface area (Å²) in [7, 11) is 0. The summed E-state index contributed by atoms with van der Waals surface area (Å²) in [5.74, 6) is 1.91. The molecule has 0 rings (SSSR count). The number of carbonyl (C=O) groups is 1. The van der Waals surface area contributed by atoms with E-state index >= 15 is 0 Å². The van der Waals surface area contributed by atoms with Gasteiger partial charge in [-0.25, -0.2) is 4.79 Å². The molecule has 0 aromatic carbocycles. The maximum Gasteiger partial charge on any atom is 0.333 e. The van der Waals surface area contributed by atoms with Crippen LogP contribution < -0.4 is 0 Å². The molecule has 0 N–H and O–H groups in total. The van der Waals surface area contributed by atoms with Crippen molar-refractivity contribution >= 4 is 5.97 Å². The van der Waals surface area contributed by atoms with Crippen molar-refractivity contribution in [2.45, 2.75) is 41.5 Å². The van der Waals surface area contributed by atoms with Crippen molar-refractivity contribution in [2.24, 2.45) is 23.7 Å². The smallest absolute Gasteiger partial charge is 0.333 e. The van der Waals surface area contributed by atoms with Crippen LogP contribution in [0, 0.1) is 23.7 Å². The fourth-order valence-electron chi connectivity index (χ4n) is 2.53. The molecule has 0 saturated heterocycles. The molecule has 0 aromatic heterocycles. The van der Waals surface area contributed by atoms with Gasteiger partial charge in [-0.3, -0.25) is 0 Å². The van der Waals surface area contributed by atoms with Crippen molar-refractivity contribution in [1.82, 2.24) is 0 Å². The van der Waals surface area contributed by atoms with Crippen LogP contribution >= 0.6 is 0 Å². The molecule has 0 radical (unpaired) electrons. The van der Waals surface area contributed by atoms with Crippen molar-refractivity contribution < 1.29 is 9.53 Å². The third-order valence-electron chi connectivity index (χ3n) is 3.02. The second kappa shape index (κ2) is 6.72. The van der Waals surface area contributed by atoms with Crippen LogP contribution in [0.4, 0.5) is 0 Å². The molecule has 94 valence electrons. The Balaban J connectivity index is 4.27. The van der Waals surface area contributed by atoms with Crippen LogP contribution in [-0.2, 0) is 9.53 Å². The van der Waals surface area contributed by atoms with Gasteiger partial charge in [-0.15, -0.1) is 0 Å². The predicted octanol–water partition coefficient (Wildman–Crippen LogP) is 3.67. The second-order valence-corrected chi connectivity index (χ2v) is 5.42. The van der Waals surface area contributed by atoms with Gasteiger partial charge in [-0.1, -0.05) is 41.2 Å². The quantitative estimate of drug-likeness (QED) is 0.510. The second-order valence-electron chi connectivity index (χ2n) is 5.42. The van der Waals surface area contributed by atoms with Gasteiger partial charge in [-0.2, -0.15) is 0 Å². The molecule has 0 aromatic rings. The summed E-state index contributed by atoms with van der Waals surface area (Å²) in [6.07, 6.45) is 0. The van der Waals surface area contributed by atoms with Gasteiger partial charge in [0.25, 0.3) is 0 Å². The van der Waals surface area contributed by atoms with E-state index < -0.39 is 0 Å². The fourth-order valence-corrected chi connectivity index (χ4v) is 2.53. The van der Waals surface area contributed by atoms with Gasteiger partial charge < -0.3 is 4.74 Å². The van der Waals surface area contributed by atoms with Crippen molar-refractivity contribution in [3.8, 4) is 0 Å². The van der Waals surface area contributed by atoms with Gasteiger partial charge in [0.05, 0.1) is 6.61 Å². The molecule has 0 aliphatic rings. The van der Waals surface area contributed by atoms with Crippen LogP contribution in [0.2, 0.25) is 0 Å². The summed E-state index contributed by atoms with van der Waals surface area (Å²) >= 11 is 0. The Morgan fingerprint density at radius 1 is 1.12 bits per heavy atom. The number of hydrogen-bond acceptors (Lipinski definition) is 2. The molecule has 0 saturated carbocycles. The van der Waals surface area contributed by atoms with Crippen LogP contribution in [0.1, 0.15) is 41.5 Å². The van der Waals surface area contributed by atoms with E-state index in [1.165, 1.54) is 0 Å². The number of carbonyl (C=O) groups excluding carboxylic acids is 1. The van der Waals surface area contributed by atoms with Gasteiger partial charge in [-0.05, 0) is 30.6 Å². The zero-order chi connectivity index (χ0) is 12.9. The van der Waals surface area contributed by atoms with E-state index in [4.69, 9.17) is 4.74 Å². The Morgan fingerprint density at radius 2 is 1.56 bits per heavy atom. The lowest BCUT2D eigenvalue weighted by atomic mass is 9.77. The van der Waals surface area contributed by atoms with Crippen LogP contribution in [0.15, 0.2) is 12.2 Å². The number of rotatable bonds is 6. The van der Waals surface area contributed by atoms with Crippen LogP contribution in [0.3, 0.4) is 0 Å². The normalized spacial score (nSPS) is 13.3. The minimum atomic E-state index is -0.280. The molecule has 0 bridgehead atoms. The minimum Gasteiger partial charge on any atom is -0.462 e. The van der Waals surface area contributed by atoms with Crippen LogP contribution in [-0.4, -0.2) is 12.6 Å². The minimum absolute atomic E-state index is 0.280. The third-order valence-corrected chi connectivity index (χ3v) is 3.02. The molecule has 0 heterocycles. The molecule has 0 fully saturated rings. The lowest BCUT2D eigenvalue weighted by Gasteiger charge is -2.30. The van der Waals surface area contributed by atoms with Gasteiger partial charge in [0, 0.05) is 5.57 Å². The third kappa shape index (κ3) is 4.82. The molecule has 0 aliphatic carbocycles. The van der Waals surface area contributed by atoms with E-state index in [9.17, 15) is 4.79 Å². The van der Waals surface area contributed by atoms with E-state index in [1.807, 2.05) is 0 Å². The average molecular weight is 226 g/mol. The highest BCUT2D eigenvalue weighted by molar-refractivity contribution is 5.86. The van der Waals surface area contributed by atoms with E-state index in [2.05, 4.69) is 41.2 Å². The molecule has 1 atom stereocenters. The topological polar surface area (TPSA) is 26.3 Å². The lowest BCUT2D eigenvalue weighted by Crippen LogP contribution is -2.27. The van der Waals surface area contributed by atoms with E-state index in [0.717, 1.165) is 0 Å². The van der Waals surface area contributed by atoms with E-state index in [1.54, 1.807) is 6.92 Å². The van der Waals surface area contributed by atoms with Gasteiger partial charge in [0.1, 0.15) is 0 Å². The molecular weight excluding hydrogens is 200 g/mol. The van der Waals surface area contributed by atoms with E-state index in [0.29, 0.717) is 35.9 Å². The van der Waals surface area contributed by atoms with Crippen LogP contribution in [0.5, 0.6) is 0 Å². The summed E-state index contributed by atoms with van der Waals surface area (Å²) in [4.78, 5) is 11.3. The van der Waals surface area contributed by atoms with Gasteiger partial charge >= 0.3 is 5.97 Å². The number of esters is 1. The monoisotopic (exact) mass is 226 g/mol. The maximum atomic E-state index is 11.3. The fraction of sp³-hybridized carbons (Fsp3) is 0.786. The van der Waals surface area contributed by atoms with Crippen molar-refractivity contribution in [1.29, 1.82) is 0 Å². The molecular formula is C14H26O2. The Hall–Kier alpha value is -0.790.